The first-order chi connectivity index (χ1) is 15.8. The number of rotatable bonds is 3. The maximum absolute atomic E-state index is 15.0. The molecule has 0 saturated carbocycles. The van der Waals surface area contributed by atoms with E-state index in [0.717, 1.165) is 41.2 Å². The van der Waals surface area contributed by atoms with Crippen molar-refractivity contribution >= 4 is 5.91 Å². The number of nitrogens with zero attached hydrogens (tertiary/aromatic N) is 3. The molecule has 3 heterocycles. The molecule has 0 aliphatic carbocycles. The van der Waals surface area contributed by atoms with Crippen LogP contribution in [0.2, 0.25) is 0 Å². The highest BCUT2D eigenvalue weighted by Gasteiger charge is 2.48. The van der Waals surface area contributed by atoms with Gasteiger partial charge >= 0.3 is 0 Å². The fourth-order valence-corrected chi connectivity index (χ4v) is 4.97. The second-order valence-corrected chi connectivity index (χ2v) is 8.17. The van der Waals surface area contributed by atoms with E-state index in [1.54, 1.807) is 0 Å². The fraction of sp³-hybridized carbons (Fsp3) is 0.261. The maximum Gasteiger partial charge on any atom is 0.276 e. The number of hydrogen-bond donors (Lipinski definition) is 1. The Hall–Kier alpha value is -3.69. The lowest BCUT2D eigenvalue weighted by atomic mass is 9.79. The van der Waals surface area contributed by atoms with Crippen LogP contribution >= 0.6 is 0 Å². The largest absolute Gasteiger partial charge is 0.502 e. The predicted octanol–water partition coefficient (Wildman–Crippen LogP) is 3.50. The van der Waals surface area contributed by atoms with E-state index in [1.807, 2.05) is 0 Å². The molecular weight excluding hydrogens is 442 g/mol. The van der Waals surface area contributed by atoms with Crippen molar-refractivity contribution in [2.45, 2.75) is 30.8 Å². The lowest BCUT2D eigenvalue weighted by molar-refractivity contribution is 0.0564. The summed E-state index contributed by atoms with van der Waals surface area (Å²) in [6.07, 6.45) is 1.89. The lowest BCUT2D eigenvalue weighted by Crippen LogP contribution is -2.51. The third kappa shape index (κ3) is 3.28. The van der Waals surface area contributed by atoms with Crippen molar-refractivity contribution in [3.63, 3.8) is 0 Å². The molecule has 5 rings (SSSR count). The Morgan fingerprint density at radius 2 is 1.76 bits per heavy atom. The van der Waals surface area contributed by atoms with Crippen molar-refractivity contribution in [2.24, 2.45) is 0 Å². The van der Waals surface area contributed by atoms with E-state index in [-0.39, 0.29) is 16.8 Å². The summed E-state index contributed by atoms with van der Waals surface area (Å²) in [7, 11) is 0. The molecule has 1 fully saturated rings. The van der Waals surface area contributed by atoms with Gasteiger partial charge in [-0.25, -0.2) is 17.6 Å². The fourth-order valence-electron chi connectivity index (χ4n) is 4.97. The van der Waals surface area contributed by atoms with Crippen LogP contribution in [0.15, 0.2) is 47.4 Å². The number of benzene rings is 2. The standard InChI is InChI=1S/C23H17F4N3O3/c24-12-4-6-14(25)13(9-12)19(11-3-5-15(26)16(27)8-11)20-17-2-1-7-29(17)23(33)21-22(32)18(31)10-28-30(20)21/h3-6,8-10,17,19-20,32H,1-2,7H2/t17-,19+,20-/m1/s1. The molecular formula is C23H17F4N3O3. The Labute approximate surface area is 184 Å². The maximum atomic E-state index is 15.0. The van der Waals surface area contributed by atoms with Gasteiger partial charge in [-0.15, -0.1) is 0 Å². The van der Waals surface area contributed by atoms with E-state index in [0.29, 0.717) is 19.4 Å². The molecule has 3 atom stereocenters. The zero-order valence-corrected chi connectivity index (χ0v) is 17.0. The van der Waals surface area contributed by atoms with Gasteiger partial charge in [-0.05, 0) is 48.7 Å². The second kappa shape index (κ2) is 7.72. The van der Waals surface area contributed by atoms with Crippen molar-refractivity contribution in [2.75, 3.05) is 6.54 Å². The molecule has 1 amide bonds. The van der Waals surface area contributed by atoms with Gasteiger partial charge in [-0.1, -0.05) is 6.07 Å². The second-order valence-electron chi connectivity index (χ2n) is 8.17. The predicted molar refractivity (Wildman–Crippen MR) is 108 cm³/mol. The van der Waals surface area contributed by atoms with Crippen molar-refractivity contribution in [3.05, 3.63) is 92.9 Å². The molecule has 2 aromatic carbocycles. The average molecular weight is 459 g/mol. The van der Waals surface area contributed by atoms with E-state index in [4.69, 9.17) is 0 Å². The summed E-state index contributed by atoms with van der Waals surface area (Å²) in [6.45, 7) is 0.318. The molecule has 6 nitrogen and oxygen atoms in total. The molecule has 170 valence electrons. The number of fused-ring (bicyclic) bond motifs is 2. The number of aromatic nitrogens is 2. The summed E-state index contributed by atoms with van der Waals surface area (Å²) in [6, 6.07) is 4.34. The molecule has 3 aromatic rings. The highest BCUT2D eigenvalue weighted by molar-refractivity contribution is 5.96. The van der Waals surface area contributed by atoms with Crippen molar-refractivity contribution in [3.8, 4) is 5.75 Å². The quantitative estimate of drug-likeness (QED) is 0.609. The Morgan fingerprint density at radius 1 is 1.00 bits per heavy atom. The van der Waals surface area contributed by atoms with E-state index in [1.165, 1.54) is 11.0 Å². The highest BCUT2D eigenvalue weighted by atomic mass is 19.2. The van der Waals surface area contributed by atoms with Crippen LogP contribution in [0.3, 0.4) is 0 Å². The number of hydrogen-bond acceptors (Lipinski definition) is 4. The minimum absolute atomic E-state index is 0.121. The lowest BCUT2D eigenvalue weighted by Gasteiger charge is -2.42. The van der Waals surface area contributed by atoms with Crippen LogP contribution in [-0.2, 0) is 0 Å². The van der Waals surface area contributed by atoms with Gasteiger partial charge in [0.1, 0.15) is 11.6 Å². The number of aromatic hydroxyl groups is 1. The van der Waals surface area contributed by atoms with Gasteiger partial charge in [0.2, 0.25) is 5.43 Å². The SMILES string of the molecule is O=C1c2c(O)c(=O)cnn2[C@@H]([C@@H](c2ccc(F)c(F)c2)c2cc(F)ccc2F)[C@H]2CCCN12. The van der Waals surface area contributed by atoms with Crippen molar-refractivity contribution in [1.29, 1.82) is 0 Å². The molecule has 0 unspecified atom stereocenters. The number of carbonyl (C=O) groups excluding carboxylic acids is 1. The van der Waals surface area contributed by atoms with E-state index < -0.39 is 58.4 Å². The van der Waals surface area contributed by atoms with Crippen LogP contribution in [-0.4, -0.2) is 38.3 Å². The molecule has 0 spiro atoms. The van der Waals surface area contributed by atoms with Crippen LogP contribution in [0.4, 0.5) is 17.6 Å². The normalized spacial score (nSPS) is 20.5. The first kappa shape index (κ1) is 21.2. The van der Waals surface area contributed by atoms with Gasteiger partial charge < -0.3 is 10.0 Å². The van der Waals surface area contributed by atoms with Crippen LogP contribution in [0.1, 0.15) is 46.4 Å². The van der Waals surface area contributed by atoms with Gasteiger partial charge in [0.25, 0.3) is 5.91 Å². The van der Waals surface area contributed by atoms with Gasteiger partial charge in [-0.2, -0.15) is 5.10 Å². The summed E-state index contributed by atoms with van der Waals surface area (Å²) in [5.74, 6) is -6.37. The van der Waals surface area contributed by atoms with Gasteiger partial charge in [0.05, 0.1) is 18.3 Å². The number of carbonyl (C=O) groups is 1. The van der Waals surface area contributed by atoms with E-state index >= 15 is 4.39 Å². The topological polar surface area (TPSA) is 75.4 Å². The molecule has 1 saturated heterocycles. The monoisotopic (exact) mass is 459 g/mol. The first-order valence-corrected chi connectivity index (χ1v) is 10.3. The zero-order valence-electron chi connectivity index (χ0n) is 17.0. The van der Waals surface area contributed by atoms with Crippen LogP contribution in [0.25, 0.3) is 0 Å². The van der Waals surface area contributed by atoms with Crippen LogP contribution < -0.4 is 5.43 Å². The summed E-state index contributed by atoms with van der Waals surface area (Å²) >= 11 is 0. The summed E-state index contributed by atoms with van der Waals surface area (Å²) < 4.78 is 58.3. The average Bonchev–Trinajstić information content (AvgIpc) is 3.27. The third-order valence-electron chi connectivity index (χ3n) is 6.36. The van der Waals surface area contributed by atoms with Gasteiger partial charge in [0.15, 0.2) is 23.1 Å². The Bertz CT molecular complexity index is 1340. The Balaban J connectivity index is 1.82. The third-order valence-corrected chi connectivity index (χ3v) is 6.36. The van der Waals surface area contributed by atoms with Gasteiger partial charge in [-0.3, -0.25) is 14.3 Å². The van der Waals surface area contributed by atoms with E-state index in [9.17, 15) is 27.9 Å². The Morgan fingerprint density at radius 3 is 2.52 bits per heavy atom. The van der Waals surface area contributed by atoms with Crippen LogP contribution in [0.5, 0.6) is 5.75 Å². The molecule has 1 N–H and O–H groups in total. The van der Waals surface area contributed by atoms with Crippen molar-refractivity contribution < 1.29 is 27.5 Å². The number of halogens is 4. The van der Waals surface area contributed by atoms with E-state index in [2.05, 4.69) is 5.10 Å². The zero-order chi connectivity index (χ0) is 23.4. The summed E-state index contributed by atoms with van der Waals surface area (Å²) in [5.41, 5.74) is -1.28. The van der Waals surface area contributed by atoms with Crippen LogP contribution in [0, 0.1) is 23.3 Å². The molecule has 10 heteroatoms. The number of amides is 1. The summed E-state index contributed by atoms with van der Waals surface area (Å²) in [5, 5.41) is 14.4. The molecule has 2 aliphatic rings. The molecule has 0 radical (unpaired) electrons. The van der Waals surface area contributed by atoms with Gasteiger partial charge in [0, 0.05) is 18.0 Å². The molecule has 2 aliphatic heterocycles. The van der Waals surface area contributed by atoms with Crippen molar-refractivity contribution in [1.82, 2.24) is 14.7 Å². The Kier molecular flexibility index (Phi) is 4.95. The minimum atomic E-state index is -1.18. The smallest absolute Gasteiger partial charge is 0.276 e. The first-order valence-electron chi connectivity index (χ1n) is 10.3. The molecule has 33 heavy (non-hydrogen) atoms. The molecule has 0 bridgehead atoms. The highest BCUT2D eigenvalue weighted by Crippen LogP contribution is 2.46. The molecule has 1 aromatic heterocycles. The minimum Gasteiger partial charge on any atom is -0.502 e. The summed E-state index contributed by atoms with van der Waals surface area (Å²) in [4.78, 5) is 26.5.